The fourth-order valence-electron chi connectivity index (χ4n) is 3.71. The lowest BCUT2D eigenvalue weighted by molar-refractivity contribution is 0.229. The third-order valence-electron chi connectivity index (χ3n) is 4.95. The Morgan fingerprint density at radius 2 is 1.17 bits per heavy atom. The molecule has 1 atom stereocenters. The Morgan fingerprint density at radius 3 is 1.52 bits per heavy atom. The lowest BCUT2D eigenvalue weighted by Crippen LogP contribution is -2.23. The first kappa shape index (κ1) is 20.3. The zero-order valence-electron chi connectivity index (χ0n) is 17.0. The van der Waals surface area contributed by atoms with Crippen molar-refractivity contribution in [3.8, 4) is 0 Å². The van der Waals surface area contributed by atoms with Crippen LogP contribution in [0.25, 0.3) is 0 Å². The number of benzene rings is 1. The van der Waals surface area contributed by atoms with E-state index in [1.807, 2.05) is 0 Å². The standard InChI is InChI=1S/C23H40/c1-9-11-18(12-10-2)19-13-15-20(16-14-19)21(23(6,7)8)17-22(3,4)5/h13-16,18,21H,9-12,17H2,1-8H3. The monoisotopic (exact) mass is 316 g/mol. The van der Waals surface area contributed by atoms with Gasteiger partial charge in [-0.05, 0) is 53.1 Å². The summed E-state index contributed by atoms with van der Waals surface area (Å²) < 4.78 is 0. The molecule has 132 valence electrons. The van der Waals surface area contributed by atoms with Gasteiger partial charge in [0.2, 0.25) is 0 Å². The molecule has 0 bridgehead atoms. The summed E-state index contributed by atoms with van der Waals surface area (Å²) in [6, 6.07) is 9.64. The van der Waals surface area contributed by atoms with Crippen LogP contribution < -0.4 is 0 Å². The second kappa shape index (κ2) is 8.36. The van der Waals surface area contributed by atoms with Crippen molar-refractivity contribution in [2.45, 2.75) is 99.3 Å². The van der Waals surface area contributed by atoms with Crippen molar-refractivity contribution >= 4 is 0 Å². The van der Waals surface area contributed by atoms with Crippen LogP contribution >= 0.6 is 0 Å². The molecule has 0 aliphatic rings. The maximum Gasteiger partial charge on any atom is -0.0108 e. The molecule has 0 heteroatoms. The number of hydrogen-bond donors (Lipinski definition) is 0. The van der Waals surface area contributed by atoms with Crippen molar-refractivity contribution in [2.24, 2.45) is 10.8 Å². The predicted molar refractivity (Wildman–Crippen MR) is 105 cm³/mol. The molecule has 0 aliphatic heterocycles. The van der Waals surface area contributed by atoms with Crippen LogP contribution in [0.2, 0.25) is 0 Å². The Balaban J connectivity index is 3.02. The van der Waals surface area contributed by atoms with Gasteiger partial charge < -0.3 is 0 Å². The highest BCUT2D eigenvalue weighted by molar-refractivity contribution is 5.29. The lowest BCUT2D eigenvalue weighted by atomic mass is 9.69. The summed E-state index contributed by atoms with van der Waals surface area (Å²) in [6.45, 7) is 18.8. The first-order chi connectivity index (χ1) is 10.6. The van der Waals surface area contributed by atoms with E-state index in [0.717, 1.165) is 5.92 Å². The van der Waals surface area contributed by atoms with Gasteiger partial charge >= 0.3 is 0 Å². The molecule has 0 aromatic heterocycles. The zero-order valence-corrected chi connectivity index (χ0v) is 17.0. The van der Waals surface area contributed by atoms with Crippen molar-refractivity contribution in [2.75, 3.05) is 0 Å². The van der Waals surface area contributed by atoms with E-state index in [9.17, 15) is 0 Å². The summed E-state index contributed by atoms with van der Waals surface area (Å²) in [6.07, 6.45) is 6.43. The highest BCUT2D eigenvalue weighted by atomic mass is 14.3. The van der Waals surface area contributed by atoms with Crippen LogP contribution in [-0.4, -0.2) is 0 Å². The van der Waals surface area contributed by atoms with Crippen LogP contribution in [0.5, 0.6) is 0 Å². The molecule has 0 heterocycles. The molecule has 0 N–H and O–H groups in total. The summed E-state index contributed by atoms with van der Waals surface area (Å²) in [4.78, 5) is 0. The van der Waals surface area contributed by atoms with Crippen LogP contribution in [-0.2, 0) is 0 Å². The normalized spacial score (nSPS) is 14.3. The highest BCUT2D eigenvalue weighted by Crippen LogP contribution is 2.43. The highest BCUT2D eigenvalue weighted by Gasteiger charge is 2.30. The summed E-state index contributed by atoms with van der Waals surface area (Å²) in [5.74, 6) is 1.36. The minimum atomic E-state index is 0.307. The second-order valence-electron chi connectivity index (χ2n) is 9.62. The fourth-order valence-corrected chi connectivity index (χ4v) is 3.71. The second-order valence-corrected chi connectivity index (χ2v) is 9.62. The van der Waals surface area contributed by atoms with E-state index in [1.165, 1.54) is 37.7 Å². The van der Waals surface area contributed by atoms with Crippen LogP contribution in [0.1, 0.15) is 110 Å². The first-order valence-corrected chi connectivity index (χ1v) is 9.68. The van der Waals surface area contributed by atoms with Gasteiger partial charge in [0.25, 0.3) is 0 Å². The van der Waals surface area contributed by atoms with Gasteiger partial charge in [0.15, 0.2) is 0 Å². The Labute approximate surface area is 146 Å². The Hall–Kier alpha value is -0.780. The van der Waals surface area contributed by atoms with Gasteiger partial charge in [-0.15, -0.1) is 0 Å². The van der Waals surface area contributed by atoms with Gasteiger partial charge in [-0.2, -0.15) is 0 Å². The Bertz CT molecular complexity index is 432. The number of rotatable bonds is 7. The molecule has 1 unspecified atom stereocenters. The van der Waals surface area contributed by atoms with Crippen LogP contribution in [0.4, 0.5) is 0 Å². The van der Waals surface area contributed by atoms with Gasteiger partial charge in [0, 0.05) is 0 Å². The molecule has 23 heavy (non-hydrogen) atoms. The van der Waals surface area contributed by atoms with Crippen molar-refractivity contribution in [1.29, 1.82) is 0 Å². The van der Waals surface area contributed by atoms with E-state index in [0.29, 0.717) is 16.7 Å². The average Bonchev–Trinajstić information content (AvgIpc) is 2.43. The van der Waals surface area contributed by atoms with Gasteiger partial charge in [-0.3, -0.25) is 0 Å². The topological polar surface area (TPSA) is 0 Å². The Morgan fingerprint density at radius 1 is 0.739 bits per heavy atom. The van der Waals surface area contributed by atoms with Crippen molar-refractivity contribution in [1.82, 2.24) is 0 Å². The predicted octanol–water partition coefficient (Wildman–Crippen LogP) is 7.94. The first-order valence-electron chi connectivity index (χ1n) is 9.68. The molecule has 1 aromatic rings. The minimum Gasteiger partial charge on any atom is -0.0654 e. The molecule has 0 aliphatic carbocycles. The van der Waals surface area contributed by atoms with Crippen LogP contribution in [0.15, 0.2) is 24.3 Å². The third-order valence-corrected chi connectivity index (χ3v) is 4.95. The van der Waals surface area contributed by atoms with Crippen LogP contribution in [0, 0.1) is 10.8 Å². The Kier molecular flexibility index (Phi) is 7.36. The van der Waals surface area contributed by atoms with Crippen molar-refractivity contribution < 1.29 is 0 Å². The molecule has 0 saturated heterocycles. The molecule has 0 spiro atoms. The quantitative estimate of drug-likeness (QED) is 0.479. The zero-order chi connectivity index (χ0) is 17.7. The molecule has 1 rings (SSSR count). The summed E-state index contributed by atoms with van der Waals surface area (Å²) in [5, 5.41) is 0. The van der Waals surface area contributed by atoms with E-state index in [1.54, 1.807) is 5.56 Å². The van der Waals surface area contributed by atoms with E-state index in [-0.39, 0.29) is 0 Å². The number of hydrogen-bond acceptors (Lipinski definition) is 0. The molecule has 0 amide bonds. The molecule has 0 saturated carbocycles. The third kappa shape index (κ3) is 6.69. The molecular formula is C23H40. The van der Waals surface area contributed by atoms with Crippen LogP contribution in [0.3, 0.4) is 0 Å². The summed E-state index contributed by atoms with van der Waals surface area (Å²) >= 11 is 0. The van der Waals surface area contributed by atoms with E-state index < -0.39 is 0 Å². The van der Waals surface area contributed by atoms with Gasteiger partial charge in [-0.1, -0.05) is 92.5 Å². The molecule has 0 nitrogen and oxygen atoms in total. The fraction of sp³-hybridized carbons (Fsp3) is 0.739. The average molecular weight is 317 g/mol. The van der Waals surface area contributed by atoms with Crippen molar-refractivity contribution in [3.05, 3.63) is 35.4 Å². The molecule has 0 radical (unpaired) electrons. The summed E-state index contributed by atoms with van der Waals surface area (Å²) in [7, 11) is 0. The van der Waals surface area contributed by atoms with E-state index in [4.69, 9.17) is 0 Å². The molecular weight excluding hydrogens is 276 g/mol. The molecule has 1 aromatic carbocycles. The van der Waals surface area contributed by atoms with E-state index in [2.05, 4.69) is 79.7 Å². The lowest BCUT2D eigenvalue weighted by Gasteiger charge is -2.36. The SMILES string of the molecule is CCCC(CCC)c1ccc(C(CC(C)(C)C)C(C)(C)C)cc1. The van der Waals surface area contributed by atoms with Gasteiger partial charge in [0.05, 0.1) is 0 Å². The smallest absolute Gasteiger partial charge is 0.0108 e. The summed E-state index contributed by atoms with van der Waals surface area (Å²) in [5.41, 5.74) is 3.73. The maximum absolute atomic E-state index is 2.41. The van der Waals surface area contributed by atoms with Crippen molar-refractivity contribution in [3.63, 3.8) is 0 Å². The van der Waals surface area contributed by atoms with Gasteiger partial charge in [-0.25, -0.2) is 0 Å². The minimum absolute atomic E-state index is 0.307. The van der Waals surface area contributed by atoms with E-state index >= 15 is 0 Å². The maximum atomic E-state index is 2.41. The largest absolute Gasteiger partial charge is 0.0654 e. The van der Waals surface area contributed by atoms with Gasteiger partial charge in [0.1, 0.15) is 0 Å². The molecule has 0 fully saturated rings.